The average Bonchev–Trinajstić information content (AvgIpc) is 2.74. The van der Waals surface area contributed by atoms with Crippen molar-refractivity contribution < 1.29 is 9.59 Å². The van der Waals surface area contributed by atoms with Gasteiger partial charge in [0.25, 0.3) is 5.91 Å². The lowest BCUT2D eigenvalue weighted by Crippen LogP contribution is -2.57. The number of pyridine rings is 1. The normalized spacial score (nSPS) is 20.3. The highest BCUT2D eigenvalue weighted by molar-refractivity contribution is 5.95. The van der Waals surface area contributed by atoms with Gasteiger partial charge >= 0.3 is 0 Å². The van der Waals surface area contributed by atoms with Crippen LogP contribution in [0.25, 0.3) is 11.1 Å². The number of piperidine rings is 1. The quantitative estimate of drug-likeness (QED) is 0.888. The summed E-state index contributed by atoms with van der Waals surface area (Å²) in [7, 11) is 0. The molecule has 3 heterocycles. The number of carbonyl (C=O) groups is 2. The number of aromatic nitrogens is 1. The van der Waals surface area contributed by atoms with Gasteiger partial charge in [0.2, 0.25) is 5.91 Å². The van der Waals surface area contributed by atoms with Crippen molar-refractivity contribution in [3.8, 4) is 11.1 Å². The first-order valence-corrected chi connectivity index (χ1v) is 9.93. The Kier molecular flexibility index (Phi) is 5.39. The fourth-order valence-corrected chi connectivity index (χ4v) is 4.04. The molecule has 1 N–H and O–H groups in total. The van der Waals surface area contributed by atoms with E-state index in [1.807, 2.05) is 28.0 Å². The molecule has 1 aromatic carbocycles. The maximum absolute atomic E-state index is 13.1. The number of nitrogens with one attached hydrogen (secondary N) is 1. The molecule has 6 nitrogen and oxygen atoms in total. The Balaban J connectivity index is 1.50. The van der Waals surface area contributed by atoms with Crippen LogP contribution in [0.2, 0.25) is 0 Å². The summed E-state index contributed by atoms with van der Waals surface area (Å²) in [6, 6.07) is 10.2. The first-order valence-electron chi connectivity index (χ1n) is 9.93. The Morgan fingerprint density at radius 1 is 1.14 bits per heavy atom. The fraction of sp³-hybridized carbons (Fsp3) is 0.409. The number of hydrogen-bond donors (Lipinski definition) is 1. The lowest BCUT2D eigenvalue weighted by atomic mass is 10.0. The van der Waals surface area contributed by atoms with Gasteiger partial charge in [0.1, 0.15) is 0 Å². The van der Waals surface area contributed by atoms with Crippen LogP contribution in [0, 0.1) is 6.92 Å². The molecule has 6 heteroatoms. The number of likely N-dealkylation sites (tertiary alicyclic amines) is 1. The van der Waals surface area contributed by atoms with E-state index in [2.05, 4.69) is 29.4 Å². The summed E-state index contributed by atoms with van der Waals surface area (Å²) in [5.41, 5.74) is 3.79. The molecule has 1 atom stereocenters. The van der Waals surface area contributed by atoms with E-state index in [9.17, 15) is 9.59 Å². The zero-order chi connectivity index (χ0) is 19.5. The molecule has 2 saturated heterocycles. The molecule has 2 aliphatic rings. The molecule has 0 saturated carbocycles. The Hall–Kier alpha value is -2.73. The molecule has 1 unspecified atom stereocenters. The van der Waals surface area contributed by atoms with Gasteiger partial charge in [-0.25, -0.2) is 0 Å². The van der Waals surface area contributed by atoms with Crippen molar-refractivity contribution in [2.45, 2.75) is 25.8 Å². The van der Waals surface area contributed by atoms with Crippen molar-refractivity contribution in [1.82, 2.24) is 20.1 Å². The van der Waals surface area contributed by atoms with Gasteiger partial charge in [-0.2, -0.15) is 0 Å². The zero-order valence-electron chi connectivity index (χ0n) is 16.2. The van der Waals surface area contributed by atoms with E-state index < -0.39 is 0 Å². The molecule has 0 aliphatic carbocycles. The lowest BCUT2D eigenvalue weighted by molar-refractivity contribution is -0.135. The number of nitrogens with zero attached hydrogens (tertiary/aromatic N) is 3. The number of rotatable bonds is 3. The molecule has 0 spiro atoms. The molecule has 1 aromatic heterocycles. The largest absolute Gasteiger partial charge is 0.337 e. The molecule has 2 aliphatic heterocycles. The summed E-state index contributed by atoms with van der Waals surface area (Å²) in [6.45, 7) is 5.31. The second-order valence-corrected chi connectivity index (χ2v) is 7.64. The molecular weight excluding hydrogens is 352 g/mol. The van der Waals surface area contributed by atoms with Crippen molar-refractivity contribution in [3.63, 3.8) is 0 Å². The molecule has 4 rings (SSSR count). The van der Waals surface area contributed by atoms with Crippen LogP contribution in [0.3, 0.4) is 0 Å². The van der Waals surface area contributed by atoms with E-state index in [0.717, 1.165) is 43.6 Å². The molecule has 0 radical (unpaired) electrons. The third kappa shape index (κ3) is 3.92. The van der Waals surface area contributed by atoms with Gasteiger partial charge in [0, 0.05) is 50.2 Å². The maximum Gasteiger partial charge on any atom is 0.255 e. The molecule has 2 fully saturated rings. The number of hydrogen-bond acceptors (Lipinski definition) is 4. The molecule has 28 heavy (non-hydrogen) atoms. The predicted octanol–water partition coefficient (Wildman–Crippen LogP) is 2.09. The van der Waals surface area contributed by atoms with Gasteiger partial charge in [-0.05, 0) is 31.4 Å². The molecule has 0 bridgehead atoms. The summed E-state index contributed by atoms with van der Waals surface area (Å²) in [6.07, 6.45) is 5.30. The van der Waals surface area contributed by atoms with Gasteiger partial charge in [0.05, 0.1) is 12.1 Å². The average molecular weight is 378 g/mol. The first-order chi connectivity index (χ1) is 13.6. The van der Waals surface area contributed by atoms with Crippen molar-refractivity contribution in [2.75, 3.05) is 32.7 Å². The van der Waals surface area contributed by atoms with Gasteiger partial charge in [-0.1, -0.05) is 29.8 Å². The van der Waals surface area contributed by atoms with Crippen LogP contribution in [-0.2, 0) is 4.79 Å². The van der Waals surface area contributed by atoms with E-state index in [-0.39, 0.29) is 17.9 Å². The van der Waals surface area contributed by atoms with Crippen LogP contribution < -0.4 is 5.32 Å². The highest BCUT2D eigenvalue weighted by Crippen LogP contribution is 2.23. The predicted molar refractivity (Wildman–Crippen MR) is 108 cm³/mol. The zero-order valence-corrected chi connectivity index (χ0v) is 16.2. The van der Waals surface area contributed by atoms with E-state index in [1.165, 1.54) is 5.56 Å². The van der Waals surface area contributed by atoms with Crippen molar-refractivity contribution in [3.05, 3.63) is 53.9 Å². The number of carbonyl (C=O) groups excluding carboxylic acids is 2. The van der Waals surface area contributed by atoms with Crippen molar-refractivity contribution in [2.24, 2.45) is 0 Å². The Bertz CT molecular complexity index is 865. The number of piperazine rings is 1. The number of aryl methyl sites for hydroxylation is 1. The Morgan fingerprint density at radius 3 is 2.75 bits per heavy atom. The van der Waals surface area contributed by atoms with Gasteiger partial charge in [0.15, 0.2) is 0 Å². The van der Waals surface area contributed by atoms with Crippen molar-refractivity contribution >= 4 is 11.8 Å². The second kappa shape index (κ2) is 8.10. The minimum absolute atomic E-state index is 0.00579. The number of benzene rings is 1. The molecule has 2 aromatic rings. The van der Waals surface area contributed by atoms with E-state index >= 15 is 0 Å². The van der Waals surface area contributed by atoms with E-state index in [0.29, 0.717) is 18.7 Å². The SMILES string of the molecule is Cc1ccc(-c2cncc(C(=O)N3CCCC(N4CCNCC4=O)C3)c2)cc1. The van der Waals surface area contributed by atoms with Crippen LogP contribution in [0.1, 0.15) is 28.8 Å². The molecule has 2 amide bonds. The van der Waals surface area contributed by atoms with Gasteiger partial charge in [-0.15, -0.1) is 0 Å². The highest BCUT2D eigenvalue weighted by Gasteiger charge is 2.32. The smallest absolute Gasteiger partial charge is 0.255 e. The lowest BCUT2D eigenvalue weighted by Gasteiger charge is -2.41. The van der Waals surface area contributed by atoms with Crippen LogP contribution in [0.15, 0.2) is 42.7 Å². The minimum atomic E-state index is -0.00579. The molecular formula is C22H26N4O2. The maximum atomic E-state index is 13.1. The second-order valence-electron chi connectivity index (χ2n) is 7.64. The van der Waals surface area contributed by atoms with E-state index in [1.54, 1.807) is 12.4 Å². The fourth-order valence-electron chi connectivity index (χ4n) is 4.04. The Morgan fingerprint density at radius 2 is 1.96 bits per heavy atom. The van der Waals surface area contributed by atoms with Crippen LogP contribution in [-0.4, -0.2) is 65.4 Å². The third-order valence-electron chi connectivity index (χ3n) is 5.62. The van der Waals surface area contributed by atoms with Crippen LogP contribution in [0.5, 0.6) is 0 Å². The van der Waals surface area contributed by atoms with E-state index in [4.69, 9.17) is 0 Å². The van der Waals surface area contributed by atoms with Crippen LogP contribution in [0.4, 0.5) is 0 Å². The van der Waals surface area contributed by atoms with Crippen molar-refractivity contribution in [1.29, 1.82) is 0 Å². The van der Waals surface area contributed by atoms with Gasteiger partial charge < -0.3 is 15.1 Å². The summed E-state index contributed by atoms with van der Waals surface area (Å²) < 4.78 is 0. The minimum Gasteiger partial charge on any atom is -0.337 e. The monoisotopic (exact) mass is 378 g/mol. The summed E-state index contributed by atoms with van der Waals surface area (Å²) in [5, 5.41) is 3.11. The summed E-state index contributed by atoms with van der Waals surface area (Å²) >= 11 is 0. The summed E-state index contributed by atoms with van der Waals surface area (Å²) in [4.78, 5) is 33.4. The highest BCUT2D eigenvalue weighted by atomic mass is 16.2. The van der Waals surface area contributed by atoms with Crippen LogP contribution >= 0.6 is 0 Å². The standard InChI is InChI=1S/C22H26N4O2/c1-16-4-6-17(7-5-16)18-11-19(13-24-12-18)22(28)25-9-2-3-20(15-25)26-10-8-23-14-21(26)27/h4-7,11-13,20,23H,2-3,8-10,14-15H2,1H3. The molecule has 146 valence electrons. The Labute approximate surface area is 165 Å². The number of amides is 2. The first kappa shape index (κ1) is 18.6. The summed E-state index contributed by atoms with van der Waals surface area (Å²) in [5.74, 6) is 0.127. The third-order valence-corrected chi connectivity index (χ3v) is 5.62. The topological polar surface area (TPSA) is 65.5 Å². The van der Waals surface area contributed by atoms with Gasteiger partial charge in [-0.3, -0.25) is 14.6 Å².